The van der Waals surface area contributed by atoms with E-state index in [4.69, 9.17) is 18.9 Å². The topological polar surface area (TPSA) is 94.6 Å². The highest BCUT2D eigenvalue weighted by Crippen LogP contribution is 2.34. The second-order valence-electron chi connectivity index (χ2n) is 9.25. The summed E-state index contributed by atoms with van der Waals surface area (Å²) in [7, 11) is -0.488. The van der Waals surface area contributed by atoms with Gasteiger partial charge >= 0.3 is 6.09 Å². The van der Waals surface area contributed by atoms with Crippen LogP contribution in [0.15, 0.2) is 35.2 Å². The van der Waals surface area contributed by atoms with Crippen LogP contribution in [0.4, 0.5) is 4.79 Å². The number of methoxy groups -OCH3 is 2. The van der Waals surface area contributed by atoms with Gasteiger partial charge in [0.2, 0.25) is 10.0 Å². The fourth-order valence-electron chi connectivity index (χ4n) is 4.94. The third-order valence-corrected chi connectivity index (χ3v) is 9.25. The highest BCUT2D eigenvalue weighted by atomic mass is 32.2. The maximum atomic E-state index is 13.5. The molecule has 0 N–H and O–H groups in total. The van der Waals surface area contributed by atoms with Crippen LogP contribution in [0.2, 0.25) is 0 Å². The van der Waals surface area contributed by atoms with E-state index in [0.717, 1.165) is 11.3 Å². The van der Waals surface area contributed by atoms with Gasteiger partial charge in [0.1, 0.15) is 23.9 Å². The summed E-state index contributed by atoms with van der Waals surface area (Å²) in [5, 5.41) is 0. The van der Waals surface area contributed by atoms with Gasteiger partial charge < -0.3 is 23.8 Å². The molecule has 0 radical (unpaired) electrons. The molecular weight excluding hydrogens is 484 g/mol. The van der Waals surface area contributed by atoms with Gasteiger partial charge in [0.15, 0.2) is 6.10 Å². The lowest BCUT2D eigenvalue weighted by Gasteiger charge is -2.35. The van der Waals surface area contributed by atoms with Gasteiger partial charge in [-0.25, -0.2) is 13.2 Å². The van der Waals surface area contributed by atoms with E-state index < -0.39 is 10.0 Å². The van der Waals surface area contributed by atoms with Crippen LogP contribution in [0.1, 0.15) is 29.5 Å². The van der Waals surface area contributed by atoms with Gasteiger partial charge in [-0.05, 0) is 80.6 Å². The lowest BCUT2D eigenvalue weighted by atomic mass is 10.1. The molecule has 9 nitrogen and oxygen atoms in total. The number of ether oxygens (including phenoxy) is 4. The van der Waals surface area contributed by atoms with Gasteiger partial charge in [-0.2, -0.15) is 4.31 Å². The first-order valence-corrected chi connectivity index (χ1v) is 13.5. The molecule has 0 spiro atoms. The summed E-state index contributed by atoms with van der Waals surface area (Å²) in [5.74, 6) is 2.09. The number of aryl methyl sites for hydroxylation is 1. The molecule has 0 aliphatic carbocycles. The first-order valence-electron chi connectivity index (χ1n) is 12.0. The molecule has 2 saturated heterocycles. The first kappa shape index (κ1) is 26.1. The standard InChI is InChI=1S/C26H34N2O7S/c1-17-14-24(33-5)18(2)19(3)25(17)36(30,31)27-12-10-20(11-13-27)28-15-23(35-26(28)29)16-34-22-8-6-21(32-4)7-9-22/h6-9,14,20,23H,10-13,15-16H2,1-5H3. The number of hydrogen-bond donors (Lipinski definition) is 0. The lowest BCUT2D eigenvalue weighted by Crippen LogP contribution is -2.47. The zero-order valence-electron chi connectivity index (χ0n) is 21.4. The number of hydrogen-bond acceptors (Lipinski definition) is 7. The van der Waals surface area contributed by atoms with Crippen LogP contribution in [-0.2, 0) is 14.8 Å². The number of nitrogens with zero attached hydrogens (tertiary/aromatic N) is 2. The molecule has 2 aromatic rings. The van der Waals surface area contributed by atoms with E-state index in [-0.39, 0.29) is 24.8 Å². The van der Waals surface area contributed by atoms with Gasteiger partial charge in [0, 0.05) is 19.1 Å². The molecule has 0 bridgehead atoms. The number of carbonyl (C=O) groups is 1. The molecule has 2 aromatic carbocycles. The molecule has 4 rings (SSSR count). The summed E-state index contributed by atoms with van der Waals surface area (Å²) < 4.78 is 50.4. The van der Waals surface area contributed by atoms with E-state index in [9.17, 15) is 13.2 Å². The summed E-state index contributed by atoms with van der Waals surface area (Å²) in [4.78, 5) is 14.6. The Kier molecular flexibility index (Phi) is 7.65. The average molecular weight is 519 g/mol. The number of sulfonamides is 1. The van der Waals surface area contributed by atoms with E-state index in [2.05, 4.69) is 0 Å². The Bertz CT molecular complexity index is 1210. The Morgan fingerprint density at radius 1 is 0.972 bits per heavy atom. The van der Waals surface area contributed by atoms with Crippen molar-refractivity contribution in [3.8, 4) is 17.2 Å². The molecule has 2 aliphatic rings. The van der Waals surface area contributed by atoms with Crippen molar-refractivity contribution in [2.45, 2.75) is 50.7 Å². The summed E-state index contributed by atoms with van der Waals surface area (Å²) in [5.41, 5.74) is 2.19. The molecule has 1 atom stereocenters. The maximum Gasteiger partial charge on any atom is 0.410 e. The monoisotopic (exact) mass is 518 g/mol. The van der Waals surface area contributed by atoms with Crippen molar-refractivity contribution in [2.75, 3.05) is 40.5 Å². The van der Waals surface area contributed by atoms with Crippen molar-refractivity contribution in [1.82, 2.24) is 9.21 Å². The number of carbonyl (C=O) groups excluding carboxylic acids is 1. The summed E-state index contributed by atoms with van der Waals surface area (Å²) in [6.45, 7) is 6.83. The van der Waals surface area contributed by atoms with Crippen molar-refractivity contribution in [2.24, 2.45) is 0 Å². The number of piperidine rings is 1. The summed E-state index contributed by atoms with van der Waals surface area (Å²) in [6.07, 6.45) is 0.340. The van der Waals surface area contributed by atoms with Crippen molar-refractivity contribution in [3.63, 3.8) is 0 Å². The minimum absolute atomic E-state index is 0.0743. The van der Waals surface area contributed by atoms with Crippen LogP contribution < -0.4 is 14.2 Å². The lowest BCUT2D eigenvalue weighted by molar-refractivity contribution is 0.0999. The Morgan fingerprint density at radius 2 is 1.61 bits per heavy atom. The average Bonchev–Trinajstić information content (AvgIpc) is 3.25. The Balaban J connectivity index is 1.36. The smallest absolute Gasteiger partial charge is 0.410 e. The van der Waals surface area contributed by atoms with Gasteiger partial charge in [-0.1, -0.05) is 0 Å². The highest BCUT2D eigenvalue weighted by molar-refractivity contribution is 7.89. The Hall–Kier alpha value is -2.98. The van der Waals surface area contributed by atoms with Crippen molar-refractivity contribution < 1.29 is 32.2 Å². The van der Waals surface area contributed by atoms with Crippen LogP contribution in [0.3, 0.4) is 0 Å². The Labute approximate surface area is 212 Å². The van der Waals surface area contributed by atoms with Gasteiger partial charge in [0.05, 0.1) is 25.7 Å². The highest BCUT2D eigenvalue weighted by Gasteiger charge is 2.40. The second-order valence-corrected chi connectivity index (χ2v) is 11.1. The molecule has 1 amide bonds. The minimum atomic E-state index is -3.67. The predicted molar refractivity (Wildman–Crippen MR) is 134 cm³/mol. The van der Waals surface area contributed by atoms with Crippen LogP contribution in [0.5, 0.6) is 17.2 Å². The molecule has 0 saturated carbocycles. The molecule has 10 heteroatoms. The predicted octanol–water partition coefficient (Wildman–Crippen LogP) is 3.68. The van der Waals surface area contributed by atoms with Gasteiger partial charge in [-0.15, -0.1) is 0 Å². The third kappa shape index (κ3) is 5.10. The van der Waals surface area contributed by atoms with Crippen LogP contribution in [0.25, 0.3) is 0 Å². The van der Waals surface area contributed by atoms with Gasteiger partial charge in [-0.3, -0.25) is 0 Å². The normalized spacial score (nSPS) is 19.3. The van der Waals surface area contributed by atoms with E-state index in [1.54, 1.807) is 56.4 Å². The fraction of sp³-hybridized carbons (Fsp3) is 0.500. The molecule has 2 heterocycles. The maximum absolute atomic E-state index is 13.5. The fourth-order valence-corrected chi connectivity index (χ4v) is 6.90. The molecule has 196 valence electrons. The second kappa shape index (κ2) is 10.6. The molecular formula is C26H34N2O7S. The number of cyclic esters (lactones) is 1. The number of rotatable bonds is 8. The van der Waals surface area contributed by atoms with Crippen LogP contribution in [0, 0.1) is 20.8 Å². The summed E-state index contributed by atoms with van der Waals surface area (Å²) >= 11 is 0. The molecule has 1 unspecified atom stereocenters. The van der Waals surface area contributed by atoms with Crippen molar-refractivity contribution >= 4 is 16.1 Å². The van der Waals surface area contributed by atoms with Crippen molar-refractivity contribution in [3.05, 3.63) is 47.0 Å². The van der Waals surface area contributed by atoms with Crippen molar-refractivity contribution in [1.29, 1.82) is 0 Å². The zero-order chi connectivity index (χ0) is 26.0. The molecule has 2 fully saturated rings. The van der Waals surface area contributed by atoms with E-state index in [1.165, 1.54) is 4.31 Å². The number of benzene rings is 2. The number of amides is 1. The quantitative estimate of drug-likeness (QED) is 0.526. The Morgan fingerprint density at radius 3 is 2.22 bits per heavy atom. The molecule has 36 heavy (non-hydrogen) atoms. The van der Waals surface area contributed by atoms with Crippen LogP contribution in [-0.4, -0.2) is 76.3 Å². The van der Waals surface area contributed by atoms with E-state index in [0.29, 0.717) is 60.0 Å². The molecule has 0 aromatic heterocycles. The first-order chi connectivity index (χ1) is 17.1. The third-order valence-electron chi connectivity index (χ3n) is 7.06. The zero-order valence-corrected chi connectivity index (χ0v) is 22.3. The summed E-state index contributed by atoms with van der Waals surface area (Å²) in [6, 6.07) is 8.92. The van der Waals surface area contributed by atoms with Gasteiger partial charge in [0.25, 0.3) is 0 Å². The van der Waals surface area contributed by atoms with Crippen LogP contribution >= 0.6 is 0 Å². The largest absolute Gasteiger partial charge is 0.497 e. The van der Waals surface area contributed by atoms with E-state index in [1.807, 2.05) is 13.8 Å². The molecule has 2 aliphatic heterocycles. The SMILES string of the molecule is COc1ccc(OCC2CN(C3CCN(S(=O)(=O)c4c(C)cc(OC)c(C)c4C)CC3)C(=O)O2)cc1. The minimum Gasteiger partial charge on any atom is -0.497 e. The van der Waals surface area contributed by atoms with E-state index >= 15 is 0 Å².